The summed E-state index contributed by atoms with van der Waals surface area (Å²) in [6, 6.07) is 12.2. The SMILES string of the molecule is O=C/C(=C/c1ccc(Cl)cc1Cl)c1ccc(Cl)cc1. The first-order chi connectivity index (χ1) is 9.10. The Morgan fingerprint density at radius 1 is 0.895 bits per heavy atom. The topological polar surface area (TPSA) is 17.1 Å². The van der Waals surface area contributed by atoms with Gasteiger partial charge in [-0.05, 0) is 41.5 Å². The number of carbonyl (C=O) groups excluding carboxylic acids is 1. The lowest BCUT2D eigenvalue weighted by Gasteiger charge is -2.03. The number of halogens is 3. The van der Waals surface area contributed by atoms with Crippen molar-refractivity contribution in [2.24, 2.45) is 0 Å². The van der Waals surface area contributed by atoms with Gasteiger partial charge in [0, 0.05) is 20.6 Å². The van der Waals surface area contributed by atoms with Gasteiger partial charge >= 0.3 is 0 Å². The molecule has 2 aromatic rings. The summed E-state index contributed by atoms with van der Waals surface area (Å²) >= 11 is 17.7. The van der Waals surface area contributed by atoms with Crippen molar-refractivity contribution in [2.75, 3.05) is 0 Å². The minimum atomic E-state index is 0.501. The third-order valence-electron chi connectivity index (χ3n) is 2.58. The molecule has 0 spiro atoms. The molecule has 0 aliphatic rings. The van der Waals surface area contributed by atoms with Crippen LogP contribution < -0.4 is 0 Å². The number of allylic oxidation sites excluding steroid dienone is 1. The highest BCUT2D eigenvalue weighted by atomic mass is 35.5. The summed E-state index contributed by atoms with van der Waals surface area (Å²) in [5.74, 6) is 0. The highest BCUT2D eigenvalue weighted by Gasteiger charge is 2.04. The molecular formula is C15H9Cl3O. The van der Waals surface area contributed by atoms with E-state index in [0.717, 1.165) is 17.4 Å². The molecule has 4 heteroatoms. The van der Waals surface area contributed by atoms with Gasteiger partial charge in [-0.3, -0.25) is 4.79 Å². The van der Waals surface area contributed by atoms with Crippen molar-refractivity contribution in [3.8, 4) is 0 Å². The van der Waals surface area contributed by atoms with Gasteiger partial charge in [0.15, 0.2) is 6.29 Å². The fourth-order valence-corrected chi connectivity index (χ4v) is 2.20. The second-order valence-corrected chi connectivity index (χ2v) is 5.17. The zero-order valence-electron chi connectivity index (χ0n) is 9.74. The van der Waals surface area contributed by atoms with Crippen LogP contribution in [-0.4, -0.2) is 6.29 Å². The van der Waals surface area contributed by atoms with E-state index < -0.39 is 0 Å². The molecule has 0 heterocycles. The lowest BCUT2D eigenvalue weighted by atomic mass is 10.0. The Bertz CT molecular complexity index is 630. The lowest BCUT2D eigenvalue weighted by molar-refractivity contribution is -0.103. The summed E-state index contributed by atoms with van der Waals surface area (Å²) in [6.07, 6.45) is 2.50. The molecular weight excluding hydrogens is 303 g/mol. The summed E-state index contributed by atoms with van der Waals surface area (Å²) in [4.78, 5) is 11.2. The number of hydrogen-bond acceptors (Lipinski definition) is 1. The number of benzene rings is 2. The van der Waals surface area contributed by atoms with Gasteiger partial charge in [0.1, 0.15) is 0 Å². The Balaban J connectivity index is 2.43. The van der Waals surface area contributed by atoms with Crippen LogP contribution in [0.1, 0.15) is 11.1 Å². The molecule has 0 atom stereocenters. The van der Waals surface area contributed by atoms with E-state index in [1.54, 1.807) is 48.5 Å². The van der Waals surface area contributed by atoms with Gasteiger partial charge in [-0.1, -0.05) is 53.0 Å². The molecule has 0 N–H and O–H groups in total. The highest BCUT2D eigenvalue weighted by molar-refractivity contribution is 6.36. The Kier molecular flexibility index (Phi) is 4.65. The van der Waals surface area contributed by atoms with Crippen molar-refractivity contribution in [3.63, 3.8) is 0 Å². The molecule has 0 bridgehead atoms. The van der Waals surface area contributed by atoms with Crippen LogP contribution >= 0.6 is 34.8 Å². The van der Waals surface area contributed by atoms with E-state index in [4.69, 9.17) is 34.8 Å². The van der Waals surface area contributed by atoms with Gasteiger partial charge in [0.25, 0.3) is 0 Å². The largest absolute Gasteiger partial charge is 0.298 e. The second kappa shape index (κ2) is 6.25. The Labute approximate surface area is 126 Å². The number of carbonyl (C=O) groups is 1. The predicted octanol–water partition coefficient (Wildman–Crippen LogP) is 5.39. The van der Waals surface area contributed by atoms with Gasteiger partial charge in [-0.15, -0.1) is 0 Å². The van der Waals surface area contributed by atoms with E-state index in [0.29, 0.717) is 20.6 Å². The minimum Gasteiger partial charge on any atom is -0.298 e. The normalized spacial score (nSPS) is 11.4. The van der Waals surface area contributed by atoms with Crippen LogP contribution in [0.5, 0.6) is 0 Å². The van der Waals surface area contributed by atoms with Crippen LogP contribution in [0.3, 0.4) is 0 Å². The van der Waals surface area contributed by atoms with Gasteiger partial charge in [0.05, 0.1) is 0 Å². The quantitative estimate of drug-likeness (QED) is 0.422. The monoisotopic (exact) mass is 310 g/mol. The molecule has 0 saturated heterocycles. The van der Waals surface area contributed by atoms with Crippen molar-refractivity contribution in [3.05, 3.63) is 68.7 Å². The fourth-order valence-electron chi connectivity index (χ4n) is 1.61. The molecule has 2 rings (SSSR count). The molecule has 96 valence electrons. The minimum absolute atomic E-state index is 0.501. The number of aldehydes is 1. The molecule has 0 fully saturated rings. The summed E-state index contributed by atoms with van der Waals surface area (Å²) in [5.41, 5.74) is 2.05. The van der Waals surface area contributed by atoms with Crippen LogP contribution in [0.25, 0.3) is 11.6 Å². The molecule has 0 amide bonds. The first kappa shape index (κ1) is 14.1. The van der Waals surface area contributed by atoms with Crippen LogP contribution in [-0.2, 0) is 4.79 Å². The third kappa shape index (κ3) is 3.60. The molecule has 0 aromatic heterocycles. The zero-order valence-corrected chi connectivity index (χ0v) is 12.0. The smallest absolute Gasteiger partial charge is 0.150 e. The highest BCUT2D eigenvalue weighted by Crippen LogP contribution is 2.25. The average molecular weight is 312 g/mol. The van der Waals surface area contributed by atoms with Crippen LogP contribution in [0.15, 0.2) is 42.5 Å². The summed E-state index contributed by atoms with van der Waals surface area (Å²) in [5, 5.41) is 1.68. The lowest BCUT2D eigenvalue weighted by Crippen LogP contribution is -1.86. The van der Waals surface area contributed by atoms with Gasteiger partial charge in [-0.25, -0.2) is 0 Å². The van der Waals surface area contributed by atoms with Gasteiger partial charge < -0.3 is 0 Å². The van der Waals surface area contributed by atoms with Gasteiger partial charge in [0.2, 0.25) is 0 Å². The van der Waals surface area contributed by atoms with E-state index in [9.17, 15) is 4.79 Å². The first-order valence-electron chi connectivity index (χ1n) is 5.48. The summed E-state index contributed by atoms with van der Waals surface area (Å²) in [7, 11) is 0. The molecule has 2 aromatic carbocycles. The van der Waals surface area contributed by atoms with Crippen LogP contribution in [0.4, 0.5) is 0 Å². The fraction of sp³-hybridized carbons (Fsp3) is 0. The molecule has 0 aliphatic carbocycles. The van der Waals surface area contributed by atoms with Gasteiger partial charge in [-0.2, -0.15) is 0 Å². The molecule has 1 nitrogen and oxygen atoms in total. The van der Waals surface area contributed by atoms with Crippen molar-refractivity contribution in [2.45, 2.75) is 0 Å². The van der Waals surface area contributed by atoms with Crippen LogP contribution in [0.2, 0.25) is 15.1 Å². The van der Waals surface area contributed by atoms with E-state index in [1.807, 2.05) is 0 Å². The maximum absolute atomic E-state index is 11.2. The first-order valence-corrected chi connectivity index (χ1v) is 6.61. The van der Waals surface area contributed by atoms with E-state index >= 15 is 0 Å². The van der Waals surface area contributed by atoms with E-state index in [1.165, 1.54) is 0 Å². The maximum Gasteiger partial charge on any atom is 0.150 e. The number of rotatable bonds is 3. The molecule has 0 saturated carbocycles. The summed E-state index contributed by atoms with van der Waals surface area (Å²) in [6.45, 7) is 0. The van der Waals surface area contributed by atoms with E-state index in [-0.39, 0.29) is 0 Å². The van der Waals surface area contributed by atoms with E-state index in [2.05, 4.69) is 0 Å². The standard InChI is InChI=1S/C15H9Cl3O/c16-13-4-1-10(2-5-13)12(9-19)7-11-3-6-14(17)8-15(11)18/h1-9H/b12-7-. The molecule has 0 aliphatic heterocycles. The van der Waals surface area contributed by atoms with Crippen LogP contribution in [0, 0.1) is 0 Å². The number of hydrogen-bond donors (Lipinski definition) is 0. The van der Waals surface area contributed by atoms with Crippen molar-refractivity contribution in [1.29, 1.82) is 0 Å². The predicted molar refractivity (Wildman–Crippen MR) is 81.8 cm³/mol. The Morgan fingerprint density at radius 3 is 2.11 bits per heavy atom. The Hall–Kier alpha value is -1.28. The van der Waals surface area contributed by atoms with Crippen molar-refractivity contribution in [1.82, 2.24) is 0 Å². The average Bonchev–Trinajstić information content (AvgIpc) is 2.39. The molecule has 0 radical (unpaired) electrons. The third-order valence-corrected chi connectivity index (χ3v) is 3.39. The second-order valence-electron chi connectivity index (χ2n) is 3.89. The summed E-state index contributed by atoms with van der Waals surface area (Å²) < 4.78 is 0. The maximum atomic E-state index is 11.2. The molecule has 0 unspecified atom stereocenters. The van der Waals surface area contributed by atoms with Crippen molar-refractivity contribution < 1.29 is 4.79 Å². The zero-order chi connectivity index (χ0) is 13.8. The Morgan fingerprint density at radius 2 is 1.53 bits per heavy atom. The van der Waals surface area contributed by atoms with Crippen molar-refractivity contribution >= 4 is 52.7 Å². The molecule has 19 heavy (non-hydrogen) atoms.